The molecule has 0 aliphatic heterocycles. The molecule has 0 saturated heterocycles. The second kappa shape index (κ2) is 9.30. The van der Waals surface area contributed by atoms with E-state index in [0.29, 0.717) is 16.6 Å². The summed E-state index contributed by atoms with van der Waals surface area (Å²) in [5.74, 6) is 0.324. The Bertz CT molecular complexity index is 912. The van der Waals surface area contributed by atoms with Gasteiger partial charge in [0, 0.05) is 5.70 Å². The molecule has 1 heterocycles. The highest BCUT2D eigenvalue weighted by Gasteiger charge is 2.23. The van der Waals surface area contributed by atoms with Gasteiger partial charge in [-0.3, -0.25) is 0 Å². The number of hydrogen-bond acceptors (Lipinski definition) is 5. The topological polar surface area (TPSA) is 118 Å². The second-order valence-electron chi connectivity index (χ2n) is 7.61. The fourth-order valence-corrected chi connectivity index (χ4v) is 4.37. The van der Waals surface area contributed by atoms with Crippen LogP contribution >= 0.6 is 11.3 Å². The summed E-state index contributed by atoms with van der Waals surface area (Å²) < 4.78 is 16.6. The molecule has 7 nitrogen and oxygen atoms in total. The summed E-state index contributed by atoms with van der Waals surface area (Å²) in [7, 11) is -3.47. The normalized spacial score (nSPS) is 16.2. The van der Waals surface area contributed by atoms with Gasteiger partial charge in [0.1, 0.15) is 14.8 Å². The number of amides is 2. The summed E-state index contributed by atoms with van der Waals surface area (Å²) in [5, 5.41) is 18.9. The Balaban J connectivity index is 3.27. The molecule has 0 radical (unpaired) electrons. The molecule has 2 amide bonds. The van der Waals surface area contributed by atoms with Crippen LogP contribution in [0, 0.1) is 5.92 Å². The van der Waals surface area contributed by atoms with Crippen LogP contribution in [0.5, 0.6) is 0 Å². The van der Waals surface area contributed by atoms with E-state index in [0.717, 1.165) is 34.5 Å². The Kier molecular flexibility index (Phi) is 8.13. The third kappa shape index (κ3) is 6.23. The van der Waals surface area contributed by atoms with Crippen molar-refractivity contribution in [1.29, 1.82) is 0 Å². The molecule has 1 aromatic rings. The van der Waals surface area contributed by atoms with E-state index in [9.17, 15) is 14.1 Å². The maximum Gasteiger partial charge on any atom is 0.354 e. The van der Waals surface area contributed by atoms with Crippen LogP contribution < -0.4 is 10.5 Å². The van der Waals surface area contributed by atoms with E-state index in [2.05, 4.69) is 28.5 Å². The van der Waals surface area contributed by atoms with Crippen molar-refractivity contribution in [3.05, 3.63) is 33.6 Å². The molecule has 4 N–H and O–H groups in total. The second-order valence-corrected chi connectivity index (χ2v) is 10.7. The van der Waals surface area contributed by atoms with Gasteiger partial charge in [0.15, 0.2) is 9.92 Å². The Morgan fingerprint density at radius 2 is 1.96 bits per heavy atom. The maximum absolute atomic E-state index is 12.8. The van der Waals surface area contributed by atoms with Crippen molar-refractivity contribution in [2.45, 2.75) is 71.6 Å². The van der Waals surface area contributed by atoms with E-state index >= 15 is 0 Å². The molecule has 0 aliphatic rings. The summed E-state index contributed by atoms with van der Waals surface area (Å²) in [6.07, 6.45) is 2.04. The molecule has 158 valence electrons. The Hall–Kier alpha value is -1.55. The first-order valence-electron chi connectivity index (χ1n) is 9.12. The zero-order chi connectivity index (χ0) is 21.9. The minimum Gasteiger partial charge on any atom is -0.383 e. The van der Waals surface area contributed by atoms with E-state index in [1.807, 2.05) is 27.7 Å². The number of thiazole rings is 1. The molecule has 0 aliphatic carbocycles. The molecule has 1 atom stereocenters. The highest BCUT2D eigenvalue weighted by atomic mass is 32.2. The van der Waals surface area contributed by atoms with E-state index in [4.69, 9.17) is 5.14 Å². The van der Waals surface area contributed by atoms with Crippen molar-refractivity contribution in [3.63, 3.8) is 0 Å². The van der Waals surface area contributed by atoms with Gasteiger partial charge < -0.3 is 10.4 Å². The molecule has 0 fully saturated rings. The largest absolute Gasteiger partial charge is 0.383 e. The van der Waals surface area contributed by atoms with Crippen LogP contribution in [0.2, 0.25) is 0 Å². The van der Waals surface area contributed by atoms with Gasteiger partial charge in [0.2, 0.25) is 0 Å². The minimum atomic E-state index is -3.47. The predicted octanol–water partition coefficient (Wildman–Crippen LogP) is 4.46. The van der Waals surface area contributed by atoms with Crippen LogP contribution in [-0.4, -0.2) is 20.3 Å². The van der Waals surface area contributed by atoms with E-state index < -0.39 is 21.5 Å². The number of rotatable bonds is 6. The van der Waals surface area contributed by atoms with Crippen molar-refractivity contribution in [2.24, 2.45) is 15.4 Å². The fraction of sp³-hybridized carbons (Fsp3) is 0.579. The molecule has 28 heavy (non-hydrogen) atoms. The first-order valence-corrected chi connectivity index (χ1v) is 11.5. The first kappa shape index (κ1) is 24.5. The number of carbonyl (C=O) groups is 1. The van der Waals surface area contributed by atoms with Gasteiger partial charge >= 0.3 is 6.03 Å². The van der Waals surface area contributed by atoms with Gasteiger partial charge in [-0.05, 0) is 58.1 Å². The molecular formula is C19H32N4O3S2. The van der Waals surface area contributed by atoms with Crippen molar-refractivity contribution < 1.29 is 14.1 Å². The van der Waals surface area contributed by atoms with Gasteiger partial charge in [-0.2, -0.15) is 0 Å². The van der Waals surface area contributed by atoms with Crippen molar-refractivity contribution in [2.75, 3.05) is 0 Å². The van der Waals surface area contributed by atoms with Crippen LogP contribution in [0.3, 0.4) is 0 Å². The zero-order valence-electron chi connectivity index (χ0n) is 17.9. The van der Waals surface area contributed by atoms with Gasteiger partial charge in [-0.25, -0.2) is 19.1 Å². The van der Waals surface area contributed by atoms with Gasteiger partial charge in [0.25, 0.3) is 0 Å². The standard InChI is InChI=1S/C19H32N4O3S2/c1-9-12(4)16(14(6)13(5)11(2)3)22-18(24)23-28(20,26)15-10-21-17(27-15)19(7,8)25/h10-11,25H,9H2,1-8H3,(H3,20,22,23,24,26)/b14-13+,16-12-. The van der Waals surface area contributed by atoms with Crippen LogP contribution in [0.1, 0.15) is 66.8 Å². The summed E-state index contributed by atoms with van der Waals surface area (Å²) in [6.45, 7) is 15.2. The lowest BCUT2D eigenvalue weighted by atomic mass is 9.95. The zero-order valence-corrected chi connectivity index (χ0v) is 19.5. The SMILES string of the molecule is CC/C(C)=C(NC(=O)N=S(N)(=O)c1cnc(C(C)(C)O)s1)/C(C)=C(\C)C(C)C. The Morgan fingerprint density at radius 3 is 2.39 bits per heavy atom. The smallest absolute Gasteiger partial charge is 0.354 e. The van der Waals surface area contributed by atoms with Crippen LogP contribution in [0.4, 0.5) is 4.79 Å². The molecule has 0 bridgehead atoms. The number of nitrogens with one attached hydrogen (secondary N) is 1. The number of aliphatic hydroxyl groups is 1. The summed E-state index contributed by atoms with van der Waals surface area (Å²) >= 11 is 0.977. The molecular weight excluding hydrogens is 396 g/mol. The lowest BCUT2D eigenvalue weighted by Gasteiger charge is -2.17. The van der Waals surface area contributed by atoms with E-state index in [1.54, 1.807) is 13.8 Å². The third-order valence-corrected chi connectivity index (χ3v) is 7.73. The molecule has 1 aromatic heterocycles. The lowest BCUT2D eigenvalue weighted by Crippen LogP contribution is -2.25. The third-order valence-electron chi connectivity index (χ3n) is 4.54. The quantitative estimate of drug-likeness (QED) is 0.580. The van der Waals surface area contributed by atoms with Gasteiger partial charge in [-0.15, -0.1) is 15.7 Å². The molecule has 1 rings (SSSR count). The van der Waals surface area contributed by atoms with Crippen LogP contribution in [-0.2, 0) is 15.5 Å². The average molecular weight is 429 g/mol. The van der Waals surface area contributed by atoms with Crippen LogP contribution in [0.15, 0.2) is 37.2 Å². The first-order chi connectivity index (χ1) is 12.7. The van der Waals surface area contributed by atoms with Crippen molar-refractivity contribution in [3.8, 4) is 0 Å². The number of carbonyl (C=O) groups excluding carboxylic acids is 1. The molecule has 0 saturated carbocycles. The summed E-state index contributed by atoms with van der Waals surface area (Å²) in [6, 6.07) is -0.774. The lowest BCUT2D eigenvalue weighted by molar-refractivity contribution is 0.0783. The molecule has 0 aromatic carbocycles. The molecule has 1 unspecified atom stereocenters. The number of nitrogens with zero attached hydrogens (tertiary/aromatic N) is 2. The maximum atomic E-state index is 12.8. The highest BCUT2D eigenvalue weighted by molar-refractivity contribution is 7.93. The summed E-state index contributed by atoms with van der Waals surface area (Å²) in [4.78, 5) is 16.5. The molecule has 9 heteroatoms. The minimum absolute atomic E-state index is 0.142. The van der Waals surface area contributed by atoms with Crippen molar-refractivity contribution >= 4 is 27.3 Å². The average Bonchev–Trinajstić information content (AvgIpc) is 3.08. The van der Waals surface area contributed by atoms with Crippen molar-refractivity contribution in [1.82, 2.24) is 10.3 Å². The number of allylic oxidation sites excluding steroid dienone is 3. The molecule has 0 spiro atoms. The number of hydrogen-bond donors (Lipinski definition) is 3. The summed E-state index contributed by atoms with van der Waals surface area (Å²) in [5.41, 5.74) is 2.59. The number of aromatic nitrogens is 1. The van der Waals surface area contributed by atoms with Gasteiger partial charge in [0.05, 0.1) is 6.20 Å². The fourth-order valence-electron chi connectivity index (χ4n) is 2.30. The highest BCUT2D eigenvalue weighted by Crippen LogP contribution is 2.28. The van der Waals surface area contributed by atoms with E-state index in [-0.39, 0.29) is 4.21 Å². The number of urea groups is 1. The van der Waals surface area contributed by atoms with Crippen LogP contribution in [0.25, 0.3) is 0 Å². The Morgan fingerprint density at radius 1 is 1.39 bits per heavy atom. The monoisotopic (exact) mass is 428 g/mol. The van der Waals surface area contributed by atoms with E-state index in [1.165, 1.54) is 6.20 Å². The Labute approximate surface area is 172 Å². The predicted molar refractivity (Wildman–Crippen MR) is 115 cm³/mol. The number of nitrogens with two attached hydrogens (primary N) is 1. The van der Waals surface area contributed by atoms with Gasteiger partial charge in [-0.1, -0.05) is 26.3 Å².